The molecule has 9 heteroatoms. The third-order valence-electron chi connectivity index (χ3n) is 5.99. The van der Waals surface area contributed by atoms with Crippen LogP contribution in [0.2, 0.25) is 0 Å². The molecule has 9 nitrogen and oxygen atoms in total. The number of carbonyl (C=O) groups excluding carboxylic acids is 3. The third-order valence-corrected chi connectivity index (χ3v) is 5.99. The minimum Gasteiger partial charge on any atom is -0.360 e. The van der Waals surface area contributed by atoms with Crippen LogP contribution in [0, 0.1) is 12.8 Å². The highest BCUT2D eigenvalue weighted by Crippen LogP contribution is 2.25. The monoisotopic (exact) mass is 469 g/mol. The molecule has 1 atom stereocenters. The van der Waals surface area contributed by atoms with Gasteiger partial charge in [-0.3, -0.25) is 19.4 Å². The topological polar surface area (TPSA) is 117 Å². The Morgan fingerprint density at radius 1 is 1.21 bits per heavy atom. The molecule has 0 spiro atoms. The van der Waals surface area contributed by atoms with E-state index in [9.17, 15) is 14.4 Å². The van der Waals surface area contributed by atoms with Gasteiger partial charge in [0.1, 0.15) is 11.8 Å². The van der Waals surface area contributed by atoms with Gasteiger partial charge < -0.3 is 20.1 Å². The molecule has 1 saturated carbocycles. The van der Waals surface area contributed by atoms with Gasteiger partial charge in [0.2, 0.25) is 17.7 Å². The van der Waals surface area contributed by atoms with Gasteiger partial charge in [0.05, 0.1) is 0 Å². The van der Waals surface area contributed by atoms with Crippen LogP contribution < -0.4 is 10.6 Å². The van der Waals surface area contributed by atoms with Crippen molar-refractivity contribution in [3.05, 3.63) is 41.9 Å². The molecule has 184 valence electrons. The fraction of sp³-hybridized carbons (Fsp3) is 0.560. The Bertz CT molecular complexity index is 953. The van der Waals surface area contributed by atoms with Gasteiger partial charge in [-0.15, -0.1) is 0 Å². The molecule has 0 saturated heterocycles. The van der Waals surface area contributed by atoms with Crippen LogP contribution in [0.4, 0.5) is 5.82 Å². The lowest BCUT2D eigenvalue weighted by Gasteiger charge is -2.32. The molecule has 2 aromatic rings. The maximum atomic E-state index is 13.4. The van der Waals surface area contributed by atoms with Crippen molar-refractivity contribution in [3.8, 4) is 0 Å². The van der Waals surface area contributed by atoms with Gasteiger partial charge >= 0.3 is 0 Å². The van der Waals surface area contributed by atoms with Crippen LogP contribution in [0.5, 0.6) is 0 Å². The standard InChI is InChI=1S/C25H35N5O4/c1-17(2)12-14-30(23(32)11-10-22(31)28-21-15-18(3)34-29-21)24(19-7-6-13-26-16-19)25(33)27-20-8-4-5-9-20/h6-7,13,15-17,20,24H,4-5,8-12,14H2,1-3H3,(H,27,33)(H,28,29,31)/t24-/m0/s1. The van der Waals surface area contributed by atoms with Gasteiger partial charge in [0, 0.05) is 49.5 Å². The molecule has 0 radical (unpaired) electrons. The molecule has 2 heterocycles. The molecule has 1 fully saturated rings. The SMILES string of the molecule is Cc1cc(NC(=O)CCC(=O)N(CCC(C)C)[C@H](C(=O)NC2CCCC2)c2cccnc2)no1. The Morgan fingerprint density at radius 2 is 1.97 bits per heavy atom. The summed E-state index contributed by atoms with van der Waals surface area (Å²) in [7, 11) is 0. The maximum absolute atomic E-state index is 13.4. The van der Waals surface area contributed by atoms with E-state index >= 15 is 0 Å². The number of pyridine rings is 1. The van der Waals surface area contributed by atoms with Gasteiger partial charge in [-0.1, -0.05) is 37.9 Å². The first-order chi connectivity index (χ1) is 16.3. The quantitative estimate of drug-likeness (QED) is 0.517. The van der Waals surface area contributed by atoms with Gasteiger partial charge in [-0.25, -0.2) is 0 Å². The van der Waals surface area contributed by atoms with Crippen molar-refractivity contribution >= 4 is 23.5 Å². The van der Waals surface area contributed by atoms with Crippen molar-refractivity contribution in [1.82, 2.24) is 20.4 Å². The number of nitrogens with one attached hydrogen (secondary N) is 2. The Hall–Kier alpha value is -3.23. The van der Waals surface area contributed by atoms with Gasteiger partial charge in [-0.2, -0.15) is 0 Å². The van der Waals surface area contributed by atoms with Crippen LogP contribution >= 0.6 is 0 Å². The molecule has 34 heavy (non-hydrogen) atoms. The van der Waals surface area contributed by atoms with E-state index in [0.717, 1.165) is 32.1 Å². The van der Waals surface area contributed by atoms with E-state index in [0.29, 0.717) is 29.6 Å². The number of aryl methyl sites for hydroxylation is 1. The summed E-state index contributed by atoms with van der Waals surface area (Å²) < 4.78 is 4.95. The normalized spacial score (nSPS) is 14.7. The molecular formula is C25H35N5O4. The van der Waals surface area contributed by atoms with Crippen LogP contribution in [0.3, 0.4) is 0 Å². The fourth-order valence-corrected chi connectivity index (χ4v) is 4.15. The largest absolute Gasteiger partial charge is 0.360 e. The molecule has 0 aliphatic heterocycles. The number of aromatic nitrogens is 2. The molecule has 2 N–H and O–H groups in total. The Kier molecular flexibility index (Phi) is 9.18. The zero-order valence-corrected chi connectivity index (χ0v) is 20.3. The summed E-state index contributed by atoms with van der Waals surface area (Å²) in [4.78, 5) is 45.0. The summed E-state index contributed by atoms with van der Waals surface area (Å²) in [6.07, 6.45) is 8.07. The van der Waals surface area contributed by atoms with E-state index in [-0.39, 0.29) is 36.6 Å². The predicted octanol–water partition coefficient (Wildman–Crippen LogP) is 3.77. The predicted molar refractivity (Wildman–Crippen MR) is 128 cm³/mol. The fourth-order valence-electron chi connectivity index (χ4n) is 4.15. The lowest BCUT2D eigenvalue weighted by atomic mass is 10.0. The lowest BCUT2D eigenvalue weighted by molar-refractivity contribution is -0.142. The molecule has 2 aromatic heterocycles. The highest BCUT2D eigenvalue weighted by molar-refractivity contribution is 5.94. The maximum Gasteiger partial charge on any atom is 0.247 e. The summed E-state index contributed by atoms with van der Waals surface area (Å²) in [5, 5.41) is 9.52. The second-order valence-electron chi connectivity index (χ2n) is 9.32. The van der Waals surface area contributed by atoms with Gasteiger partial charge in [0.25, 0.3) is 0 Å². The molecule has 3 rings (SSSR count). The zero-order valence-electron chi connectivity index (χ0n) is 20.3. The number of anilines is 1. The summed E-state index contributed by atoms with van der Waals surface area (Å²) in [6.45, 7) is 6.30. The first-order valence-electron chi connectivity index (χ1n) is 12.1. The molecule has 1 aliphatic carbocycles. The Balaban J connectivity index is 1.75. The molecule has 3 amide bonds. The van der Waals surface area contributed by atoms with E-state index in [2.05, 4.69) is 34.6 Å². The van der Waals surface area contributed by atoms with Crippen LogP contribution in [0.25, 0.3) is 0 Å². The van der Waals surface area contributed by atoms with E-state index in [1.54, 1.807) is 36.4 Å². The molecular weight excluding hydrogens is 434 g/mol. The van der Waals surface area contributed by atoms with E-state index in [1.807, 2.05) is 6.07 Å². The minimum absolute atomic E-state index is 0.0196. The zero-order chi connectivity index (χ0) is 24.5. The van der Waals surface area contributed by atoms with Crippen LogP contribution in [-0.2, 0) is 14.4 Å². The number of carbonyl (C=O) groups is 3. The second-order valence-corrected chi connectivity index (χ2v) is 9.32. The van der Waals surface area contributed by atoms with Crippen molar-refractivity contribution in [1.29, 1.82) is 0 Å². The van der Waals surface area contributed by atoms with Crippen molar-refractivity contribution < 1.29 is 18.9 Å². The van der Waals surface area contributed by atoms with Crippen molar-refractivity contribution in [3.63, 3.8) is 0 Å². The van der Waals surface area contributed by atoms with E-state index in [1.165, 1.54) is 0 Å². The third kappa shape index (κ3) is 7.40. The van der Waals surface area contributed by atoms with E-state index in [4.69, 9.17) is 4.52 Å². The van der Waals surface area contributed by atoms with Crippen LogP contribution in [0.15, 0.2) is 35.1 Å². The highest BCUT2D eigenvalue weighted by Gasteiger charge is 2.33. The number of nitrogens with zero attached hydrogens (tertiary/aromatic N) is 3. The van der Waals surface area contributed by atoms with Crippen LogP contribution in [0.1, 0.15) is 76.2 Å². The van der Waals surface area contributed by atoms with Crippen LogP contribution in [-0.4, -0.2) is 45.3 Å². The summed E-state index contributed by atoms with van der Waals surface area (Å²) in [5.74, 6) is 0.469. The summed E-state index contributed by atoms with van der Waals surface area (Å²) >= 11 is 0. The van der Waals surface area contributed by atoms with E-state index < -0.39 is 6.04 Å². The van der Waals surface area contributed by atoms with Gasteiger partial charge in [0.15, 0.2) is 5.82 Å². The average molecular weight is 470 g/mol. The van der Waals surface area contributed by atoms with Crippen molar-refractivity contribution in [2.24, 2.45) is 5.92 Å². The molecule has 0 aromatic carbocycles. The smallest absolute Gasteiger partial charge is 0.247 e. The first-order valence-corrected chi connectivity index (χ1v) is 12.1. The second kappa shape index (κ2) is 12.3. The molecule has 0 bridgehead atoms. The molecule has 1 aliphatic rings. The van der Waals surface area contributed by atoms with Crippen molar-refractivity contribution in [2.75, 3.05) is 11.9 Å². The molecule has 0 unspecified atom stereocenters. The lowest BCUT2D eigenvalue weighted by Crippen LogP contribution is -2.46. The highest BCUT2D eigenvalue weighted by atomic mass is 16.5. The Labute approximate surface area is 200 Å². The Morgan fingerprint density at radius 3 is 2.59 bits per heavy atom. The number of hydrogen-bond acceptors (Lipinski definition) is 6. The van der Waals surface area contributed by atoms with Gasteiger partial charge in [-0.05, 0) is 38.2 Å². The number of amides is 3. The van der Waals surface area contributed by atoms with Crippen molar-refractivity contribution in [2.45, 2.75) is 77.8 Å². The number of rotatable bonds is 11. The summed E-state index contributed by atoms with van der Waals surface area (Å²) in [6, 6.07) is 4.54. The average Bonchev–Trinajstić information content (AvgIpc) is 3.46. The minimum atomic E-state index is -0.790. The number of hydrogen-bond donors (Lipinski definition) is 2. The first kappa shape index (κ1) is 25.4. The summed E-state index contributed by atoms with van der Waals surface area (Å²) in [5.41, 5.74) is 0.664.